The van der Waals surface area contributed by atoms with Crippen LogP contribution in [0.1, 0.15) is 31.7 Å². The number of nitrogens with zero attached hydrogens (tertiary/aromatic N) is 1. The number of hydrogen-bond donors (Lipinski definition) is 2. The molecule has 0 spiro atoms. The second-order valence-corrected chi connectivity index (χ2v) is 11.2. The average Bonchev–Trinajstić information content (AvgIpc) is 2.85. The van der Waals surface area contributed by atoms with Crippen molar-refractivity contribution in [1.29, 1.82) is 0 Å². The number of thioether (sulfide) groups is 1. The third-order valence-corrected chi connectivity index (χ3v) is 8.19. The minimum absolute atomic E-state index is 0.0789. The zero-order chi connectivity index (χ0) is 21.1. The highest BCUT2D eigenvalue weighted by Crippen LogP contribution is 2.36. The largest absolute Gasteiger partial charge is 0.325 e. The van der Waals surface area contributed by atoms with Crippen LogP contribution in [0.2, 0.25) is 0 Å². The topological polar surface area (TPSA) is 78.5 Å². The zero-order valence-corrected chi connectivity index (χ0v) is 18.6. The Hall–Kier alpha value is -1.87. The van der Waals surface area contributed by atoms with Crippen LogP contribution in [0.15, 0.2) is 58.3 Å². The summed E-state index contributed by atoms with van der Waals surface area (Å²) in [6, 6.07) is 15.2. The molecule has 2 aromatic carbocycles. The first-order valence-electron chi connectivity index (χ1n) is 10.3. The van der Waals surface area contributed by atoms with Crippen LogP contribution >= 0.6 is 11.8 Å². The third-order valence-electron chi connectivity index (χ3n) is 5.49. The van der Waals surface area contributed by atoms with E-state index >= 15 is 0 Å². The van der Waals surface area contributed by atoms with Gasteiger partial charge >= 0.3 is 0 Å². The van der Waals surface area contributed by atoms with Gasteiger partial charge in [0.2, 0.25) is 15.9 Å². The van der Waals surface area contributed by atoms with Crippen molar-refractivity contribution in [3.8, 4) is 0 Å². The number of carbonyl (C=O) groups is 1. The highest BCUT2D eigenvalue weighted by molar-refractivity contribution is 8.00. The molecule has 2 aliphatic heterocycles. The molecule has 2 aromatic rings. The van der Waals surface area contributed by atoms with Crippen LogP contribution in [0.5, 0.6) is 0 Å². The van der Waals surface area contributed by atoms with E-state index in [0.29, 0.717) is 12.1 Å². The lowest BCUT2D eigenvalue weighted by atomic mass is 10.1. The number of rotatable bonds is 5. The van der Waals surface area contributed by atoms with Crippen molar-refractivity contribution in [1.82, 2.24) is 9.62 Å². The molecule has 0 aromatic heterocycles. The number of benzene rings is 2. The molecule has 2 heterocycles. The molecule has 0 saturated carbocycles. The number of sulfonamides is 1. The monoisotopic (exact) mass is 445 g/mol. The summed E-state index contributed by atoms with van der Waals surface area (Å²) in [5.74, 6) is -0.0814. The number of nitrogens with one attached hydrogen (secondary N) is 2. The SMILES string of the molecule is C[C@H]1CC(=O)Nc2cc(S(=O)(=O)NC3CCN(Cc4ccccc4)CC3)ccc2S1. The predicted octanol–water partition coefficient (Wildman–Crippen LogP) is 3.45. The Labute approximate surface area is 182 Å². The Morgan fingerprint density at radius 2 is 1.87 bits per heavy atom. The van der Waals surface area contributed by atoms with Gasteiger partial charge in [0.1, 0.15) is 0 Å². The van der Waals surface area contributed by atoms with E-state index in [1.165, 1.54) is 5.56 Å². The molecule has 160 valence electrons. The highest BCUT2D eigenvalue weighted by atomic mass is 32.2. The minimum Gasteiger partial charge on any atom is -0.325 e. The first kappa shape index (κ1) is 21.4. The number of fused-ring (bicyclic) bond motifs is 1. The summed E-state index contributed by atoms with van der Waals surface area (Å²) in [7, 11) is -3.64. The van der Waals surface area contributed by atoms with E-state index < -0.39 is 10.0 Å². The lowest BCUT2D eigenvalue weighted by Crippen LogP contribution is -2.44. The lowest BCUT2D eigenvalue weighted by molar-refractivity contribution is -0.116. The molecular formula is C22H27N3O3S2. The average molecular weight is 446 g/mol. The van der Waals surface area contributed by atoms with Crippen LogP contribution in [0.25, 0.3) is 0 Å². The van der Waals surface area contributed by atoms with Crippen molar-refractivity contribution in [3.05, 3.63) is 54.1 Å². The van der Waals surface area contributed by atoms with Gasteiger partial charge in [-0.3, -0.25) is 9.69 Å². The van der Waals surface area contributed by atoms with Gasteiger partial charge in [-0.2, -0.15) is 0 Å². The fourth-order valence-electron chi connectivity index (χ4n) is 3.94. The van der Waals surface area contributed by atoms with Crippen LogP contribution in [-0.4, -0.2) is 43.6 Å². The molecule has 6 nitrogen and oxygen atoms in total. The number of anilines is 1. The Morgan fingerprint density at radius 3 is 2.60 bits per heavy atom. The Morgan fingerprint density at radius 1 is 1.13 bits per heavy atom. The number of likely N-dealkylation sites (tertiary alicyclic amines) is 1. The fourth-order valence-corrected chi connectivity index (χ4v) is 6.32. The summed E-state index contributed by atoms with van der Waals surface area (Å²) in [6.45, 7) is 4.60. The van der Waals surface area contributed by atoms with Crippen molar-refractivity contribution in [2.75, 3.05) is 18.4 Å². The molecule has 0 bridgehead atoms. The molecule has 0 aliphatic carbocycles. The van der Waals surface area contributed by atoms with Crippen molar-refractivity contribution in [2.24, 2.45) is 0 Å². The number of amides is 1. The van der Waals surface area contributed by atoms with E-state index in [1.54, 1.807) is 30.0 Å². The Kier molecular flexibility index (Phi) is 6.48. The first-order chi connectivity index (χ1) is 14.4. The molecule has 0 radical (unpaired) electrons. The number of piperidine rings is 1. The van der Waals surface area contributed by atoms with Gasteiger partial charge in [0.15, 0.2) is 0 Å². The molecule has 2 aliphatic rings. The maximum atomic E-state index is 12.9. The van der Waals surface area contributed by atoms with E-state index in [9.17, 15) is 13.2 Å². The maximum absolute atomic E-state index is 12.9. The summed E-state index contributed by atoms with van der Waals surface area (Å²) in [6.07, 6.45) is 1.98. The second kappa shape index (κ2) is 9.09. The van der Waals surface area contributed by atoms with Gasteiger partial charge < -0.3 is 5.32 Å². The van der Waals surface area contributed by atoms with Gasteiger partial charge in [0, 0.05) is 42.2 Å². The minimum atomic E-state index is -3.64. The molecule has 30 heavy (non-hydrogen) atoms. The second-order valence-electron chi connectivity index (χ2n) is 8.00. The van der Waals surface area contributed by atoms with Crippen LogP contribution in [0.3, 0.4) is 0 Å². The molecule has 1 saturated heterocycles. The van der Waals surface area contributed by atoms with Gasteiger partial charge in [0.05, 0.1) is 10.6 Å². The van der Waals surface area contributed by atoms with Gasteiger partial charge in [0.25, 0.3) is 0 Å². The molecule has 1 amide bonds. The third kappa shape index (κ3) is 5.24. The zero-order valence-electron chi connectivity index (χ0n) is 17.0. The normalized spacial score (nSPS) is 21.0. The summed E-state index contributed by atoms with van der Waals surface area (Å²) in [4.78, 5) is 15.5. The lowest BCUT2D eigenvalue weighted by Gasteiger charge is -2.32. The summed E-state index contributed by atoms with van der Waals surface area (Å²) >= 11 is 1.59. The van der Waals surface area contributed by atoms with E-state index in [0.717, 1.165) is 37.4 Å². The van der Waals surface area contributed by atoms with Crippen molar-refractivity contribution >= 4 is 33.4 Å². The van der Waals surface area contributed by atoms with Gasteiger partial charge in [-0.05, 0) is 36.6 Å². The first-order valence-corrected chi connectivity index (χ1v) is 12.6. The predicted molar refractivity (Wildman–Crippen MR) is 120 cm³/mol. The van der Waals surface area contributed by atoms with Crippen molar-refractivity contribution < 1.29 is 13.2 Å². The fraction of sp³-hybridized carbons (Fsp3) is 0.409. The Balaban J connectivity index is 1.39. The van der Waals surface area contributed by atoms with E-state index in [1.807, 2.05) is 25.1 Å². The Bertz CT molecular complexity index is 1000. The van der Waals surface area contributed by atoms with E-state index in [-0.39, 0.29) is 22.1 Å². The number of hydrogen-bond acceptors (Lipinski definition) is 5. The molecule has 8 heteroatoms. The van der Waals surface area contributed by atoms with Crippen LogP contribution in [-0.2, 0) is 21.4 Å². The van der Waals surface area contributed by atoms with Crippen molar-refractivity contribution in [2.45, 2.75) is 53.8 Å². The van der Waals surface area contributed by atoms with Gasteiger partial charge in [-0.1, -0.05) is 37.3 Å². The maximum Gasteiger partial charge on any atom is 0.240 e. The molecule has 0 unspecified atom stereocenters. The molecule has 1 atom stereocenters. The smallest absolute Gasteiger partial charge is 0.240 e. The van der Waals surface area contributed by atoms with Crippen LogP contribution < -0.4 is 10.0 Å². The van der Waals surface area contributed by atoms with Crippen molar-refractivity contribution in [3.63, 3.8) is 0 Å². The van der Waals surface area contributed by atoms with E-state index in [4.69, 9.17) is 0 Å². The standard InChI is InChI=1S/C22H27N3O3S2/c1-16-13-22(26)23-20-14-19(7-8-21(20)29-16)30(27,28)24-18-9-11-25(12-10-18)15-17-5-3-2-4-6-17/h2-8,14,16,18,24H,9-13,15H2,1H3,(H,23,26)/t16-/m0/s1. The molecule has 2 N–H and O–H groups in total. The van der Waals surface area contributed by atoms with Gasteiger partial charge in [-0.15, -0.1) is 11.8 Å². The summed E-state index contributed by atoms with van der Waals surface area (Å²) in [5, 5.41) is 3.00. The van der Waals surface area contributed by atoms with Crippen LogP contribution in [0.4, 0.5) is 5.69 Å². The quantitative estimate of drug-likeness (QED) is 0.737. The highest BCUT2D eigenvalue weighted by Gasteiger charge is 2.26. The molecule has 4 rings (SSSR count). The summed E-state index contributed by atoms with van der Waals surface area (Å²) < 4.78 is 28.8. The van der Waals surface area contributed by atoms with Gasteiger partial charge in [-0.25, -0.2) is 13.1 Å². The molecule has 1 fully saturated rings. The molecular weight excluding hydrogens is 418 g/mol. The summed E-state index contributed by atoms with van der Waals surface area (Å²) in [5.41, 5.74) is 1.85. The number of carbonyl (C=O) groups excluding carboxylic acids is 1. The van der Waals surface area contributed by atoms with E-state index in [2.05, 4.69) is 27.1 Å². The van der Waals surface area contributed by atoms with Crippen LogP contribution in [0, 0.1) is 0 Å².